The first-order chi connectivity index (χ1) is 8.90. The maximum atomic E-state index is 11.8. The van der Waals surface area contributed by atoms with Crippen LogP contribution in [0.25, 0.3) is 0 Å². The Morgan fingerprint density at radius 3 is 2.84 bits per heavy atom. The Kier molecular flexibility index (Phi) is 5.62. The fraction of sp³-hybridized carbons (Fsp3) is 0.500. The summed E-state index contributed by atoms with van der Waals surface area (Å²) in [6.07, 6.45) is 3.95. The van der Waals surface area contributed by atoms with Gasteiger partial charge in [-0.05, 0) is 12.5 Å². The molecule has 2 N–H and O–H groups in total. The minimum Gasteiger partial charge on any atom is -0.393 e. The smallest absolute Gasteiger partial charge is 0.347 e. The third-order valence-corrected chi connectivity index (χ3v) is 2.87. The summed E-state index contributed by atoms with van der Waals surface area (Å²) in [7, 11) is 1.69. The molecule has 0 bridgehead atoms. The van der Waals surface area contributed by atoms with Gasteiger partial charge in [0, 0.05) is 45.4 Å². The molecule has 0 saturated carbocycles. The fourth-order valence-corrected chi connectivity index (χ4v) is 1.63. The molecular weight excluding hydrogens is 264 g/mol. The largest absolute Gasteiger partial charge is 0.393 e. The number of amides is 1. The van der Waals surface area contributed by atoms with Gasteiger partial charge in [0.2, 0.25) is 5.91 Å². The average molecular weight is 282 g/mol. The summed E-state index contributed by atoms with van der Waals surface area (Å²) in [6, 6.07) is 0. The monoisotopic (exact) mass is 282 g/mol. The van der Waals surface area contributed by atoms with Gasteiger partial charge in [0.25, 0.3) is 0 Å². The minimum absolute atomic E-state index is 0.0512. The van der Waals surface area contributed by atoms with Crippen molar-refractivity contribution < 1.29 is 4.79 Å². The van der Waals surface area contributed by atoms with E-state index in [1.165, 1.54) is 10.8 Å². The lowest BCUT2D eigenvalue weighted by Gasteiger charge is -2.17. The highest BCUT2D eigenvalue weighted by molar-refractivity contribution is 7.80. The lowest BCUT2D eigenvalue weighted by atomic mass is 10.3. The van der Waals surface area contributed by atoms with Crippen LogP contribution in [0, 0.1) is 6.92 Å². The number of carbonyl (C=O) groups is 1. The van der Waals surface area contributed by atoms with Crippen molar-refractivity contribution in [2.75, 3.05) is 13.6 Å². The molecule has 0 aliphatic carbocycles. The lowest BCUT2D eigenvalue weighted by molar-refractivity contribution is -0.130. The number of aryl methyl sites for hydroxylation is 2. The number of hydrogen-bond donors (Lipinski definition) is 1. The topological polar surface area (TPSA) is 81.2 Å². The molecule has 1 aromatic rings. The fourth-order valence-electron chi connectivity index (χ4n) is 1.54. The number of rotatable bonds is 6. The predicted molar refractivity (Wildman–Crippen MR) is 76.9 cm³/mol. The van der Waals surface area contributed by atoms with Gasteiger partial charge < -0.3 is 10.6 Å². The zero-order valence-corrected chi connectivity index (χ0v) is 11.9. The molecule has 7 heteroatoms. The van der Waals surface area contributed by atoms with Crippen LogP contribution in [0.4, 0.5) is 0 Å². The number of hydrogen-bond acceptors (Lipinski definition) is 4. The van der Waals surface area contributed by atoms with E-state index in [2.05, 4.69) is 4.98 Å². The van der Waals surface area contributed by atoms with Crippen molar-refractivity contribution in [2.45, 2.75) is 26.3 Å². The first-order valence-corrected chi connectivity index (χ1v) is 6.36. The van der Waals surface area contributed by atoms with E-state index in [0.717, 1.165) is 5.56 Å². The van der Waals surface area contributed by atoms with Crippen LogP contribution in [-0.4, -0.2) is 38.9 Å². The van der Waals surface area contributed by atoms with Crippen LogP contribution < -0.4 is 11.4 Å². The Morgan fingerprint density at radius 2 is 2.21 bits per heavy atom. The molecule has 1 aromatic heterocycles. The summed E-state index contributed by atoms with van der Waals surface area (Å²) < 4.78 is 1.44. The normalized spacial score (nSPS) is 10.2. The van der Waals surface area contributed by atoms with Gasteiger partial charge in [-0.15, -0.1) is 0 Å². The van der Waals surface area contributed by atoms with Gasteiger partial charge in [0.15, 0.2) is 0 Å². The molecule has 0 fully saturated rings. The molecule has 0 saturated heterocycles. The Labute approximate surface area is 117 Å². The zero-order chi connectivity index (χ0) is 14.4. The Hall–Kier alpha value is -1.76. The van der Waals surface area contributed by atoms with E-state index in [0.29, 0.717) is 24.5 Å². The van der Waals surface area contributed by atoms with Crippen molar-refractivity contribution in [1.29, 1.82) is 0 Å². The van der Waals surface area contributed by atoms with E-state index in [-0.39, 0.29) is 18.0 Å². The third kappa shape index (κ3) is 5.17. The van der Waals surface area contributed by atoms with Crippen molar-refractivity contribution in [3.8, 4) is 0 Å². The summed E-state index contributed by atoms with van der Waals surface area (Å²) in [5.74, 6) is -0.0512. The van der Waals surface area contributed by atoms with Gasteiger partial charge in [0.1, 0.15) is 0 Å². The summed E-state index contributed by atoms with van der Waals surface area (Å²) in [5, 5.41) is 0. The number of nitrogens with zero attached hydrogens (tertiary/aromatic N) is 3. The molecule has 104 valence electrons. The van der Waals surface area contributed by atoms with Gasteiger partial charge in [-0.25, -0.2) is 9.78 Å². The predicted octanol–water partition coefficient (Wildman–Crippen LogP) is 0.0764. The van der Waals surface area contributed by atoms with Gasteiger partial charge in [-0.1, -0.05) is 12.2 Å². The van der Waals surface area contributed by atoms with Crippen molar-refractivity contribution in [3.05, 3.63) is 28.4 Å². The highest BCUT2D eigenvalue weighted by atomic mass is 32.1. The molecule has 1 heterocycles. The summed E-state index contributed by atoms with van der Waals surface area (Å²) in [5.41, 5.74) is 5.92. The van der Waals surface area contributed by atoms with E-state index in [1.54, 1.807) is 18.1 Å². The average Bonchev–Trinajstić information content (AvgIpc) is 2.36. The van der Waals surface area contributed by atoms with E-state index in [1.807, 2.05) is 6.92 Å². The molecule has 1 amide bonds. The molecule has 0 spiro atoms. The van der Waals surface area contributed by atoms with Crippen molar-refractivity contribution in [1.82, 2.24) is 14.5 Å². The van der Waals surface area contributed by atoms with E-state index in [9.17, 15) is 9.59 Å². The van der Waals surface area contributed by atoms with E-state index < -0.39 is 0 Å². The van der Waals surface area contributed by atoms with Crippen LogP contribution in [0.2, 0.25) is 0 Å². The summed E-state index contributed by atoms with van der Waals surface area (Å²) in [6.45, 7) is 2.66. The van der Waals surface area contributed by atoms with Crippen LogP contribution in [0.1, 0.15) is 18.4 Å². The zero-order valence-electron chi connectivity index (χ0n) is 11.1. The number of carbonyl (C=O) groups excluding carboxylic acids is 1. The van der Waals surface area contributed by atoms with Crippen molar-refractivity contribution >= 4 is 23.1 Å². The molecule has 0 aliphatic rings. The minimum atomic E-state index is -0.343. The Bertz CT molecular complexity index is 527. The molecule has 6 nitrogen and oxygen atoms in total. The van der Waals surface area contributed by atoms with Crippen molar-refractivity contribution in [2.24, 2.45) is 5.73 Å². The Balaban J connectivity index is 2.52. The summed E-state index contributed by atoms with van der Waals surface area (Å²) in [4.78, 5) is 29.0. The summed E-state index contributed by atoms with van der Waals surface area (Å²) >= 11 is 4.76. The first kappa shape index (κ1) is 15.3. The van der Waals surface area contributed by atoms with E-state index >= 15 is 0 Å². The standard InChI is InChI=1S/C12H18N4O2S/c1-9-7-14-12(18)16(8-9)6-4-11(17)15(2)5-3-10(13)19/h7-8H,3-6H2,1-2H3,(H2,13,19). The lowest BCUT2D eigenvalue weighted by Crippen LogP contribution is -2.32. The second-order valence-corrected chi connectivity index (χ2v) is 4.91. The SMILES string of the molecule is Cc1cnc(=O)n(CCC(=O)N(C)CCC(N)=S)c1. The first-order valence-electron chi connectivity index (χ1n) is 5.95. The second-order valence-electron chi connectivity index (χ2n) is 4.39. The van der Waals surface area contributed by atoms with Gasteiger partial charge in [-0.3, -0.25) is 9.36 Å². The third-order valence-electron chi connectivity index (χ3n) is 2.67. The maximum Gasteiger partial charge on any atom is 0.347 e. The van der Waals surface area contributed by atoms with Gasteiger partial charge >= 0.3 is 5.69 Å². The molecule has 0 atom stereocenters. The number of nitrogens with two attached hydrogens (primary N) is 1. The Morgan fingerprint density at radius 1 is 1.53 bits per heavy atom. The van der Waals surface area contributed by atoms with Crippen molar-refractivity contribution in [3.63, 3.8) is 0 Å². The molecule has 19 heavy (non-hydrogen) atoms. The van der Waals surface area contributed by atoms with Gasteiger partial charge in [-0.2, -0.15) is 0 Å². The van der Waals surface area contributed by atoms with Gasteiger partial charge in [0.05, 0.1) is 4.99 Å². The molecule has 1 rings (SSSR count). The van der Waals surface area contributed by atoms with Crippen LogP contribution in [0.5, 0.6) is 0 Å². The van der Waals surface area contributed by atoms with E-state index in [4.69, 9.17) is 18.0 Å². The molecule has 0 radical (unpaired) electrons. The van der Waals surface area contributed by atoms with Crippen LogP contribution in [-0.2, 0) is 11.3 Å². The number of aromatic nitrogens is 2. The highest BCUT2D eigenvalue weighted by Gasteiger charge is 2.09. The number of thiocarbonyl (C=S) groups is 1. The maximum absolute atomic E-state index is 11.8. The van der Waals surface area contributed by atoms with Crippen LogP contribution >= 0.6 is 12.2 Å². The second kappa shape index (κ2) is 6.98. The highest BCUT2D eigenvalue weighted by Crippen LogP contribution is 1.97. The van der Waals surface area contributed by atoms with Crippen LogP contribution in [0.15, 0.2) is 17.2 Å². The van der Waals surface area contributed by atoms with Crippen LogP contribution in [0.3, 0.4) is 0 Å². The molecule has 0 unspecified atom stereocenters. The molecule has 0 aromatic carbocycles. The molecular formula is C12H18N4O2S. The quantitative estimate of drug-likeness (QED) is 0.747. The molecule has 0 aliphatic heterocycles.